The van der Waals surface area contributed by atoms with Crippen molar-refractivity contribution in [3.8, 4) is 0 Å². The maximum absolute atomic E-state index is 13.5. The van der Waals surface area contributed by atoms with Gasteiger partial charge < -0.3 is 14.2 Å². The van der Waals surface area contributed by atoms with Gasteiger partial charge in [-0.1, -0.05) is 63.8 Å². The lowest BCUT2D eigenvalue weighted by Gasteiger charge is -2.28. The molecule has 0 aliphatic heterocycles. The number of nitrogens with zero attached hydrogens (tertiary/aromatic N) is 2. The number of carbonyl (C=O) groups is 2. The van der Waals surface area contributed by atoms with E-state index in [1.807, 2.05) is 6.92 Å². The second kappa shape index (κ2) is 14.3. The SMILES string of the molecule is CCCCCCCC(=O)N(CCC)CC(=O)N(Cc1ccc(F)cc1)Cc1coc2ccccc2c1=O. The second-order valence-corrected chi connectivity index (χ2v) is 9.44. The van der Waals surface area contributed by atoms with Crippen LogP contribution in [0.4, 0.5) is 4.39 Å². The van der Waals surface area contributed by atoms with Crippen molar-refractivity contribution in [2.45, 2.75) is 71.9 Å². The first-order valence-corrected chi connectivity index (χ1v) is 13.2. The van der Waals surface area contributed by atoms with Crippen LogP contribution in [-0.2, 0) is 22.7 Å². The molecule has 1 heterocycles. The van der Waals surface area contributed by atoms with E-state index in [4.69, 9.17) is 4.42 Å². The van der Waals surface area contributed by atoms with Crippen molar-refractivity contribution in [2.75, 3.05) is 13.1 Å². The van der Waals surface area contributed by atoms with E-state index in [1.54, 1.807) is 41.3 Å². The molecule has 0 saturated heterocycles. The van der Waals surface area contributed by atoms with E-state index in [9.17, 15) is 18.8 Å². The predicted octanol–water partition coefficient (Wildman–Crippen LogP) is 6.06. The topological polar surface area (TPSA) is 70.8 Å². The first kappa shape index (κ1) is 28.1. The van der Waals surface area contributed by atoms with E-state index in [0.717, 1.165) is 44.1 Å². The molecule has 0 N–H and O–H groups in total. The minimum Gasteiger partial charge on any atom is -0.464 e. The first-order chi connectivity index (χ1) is 17.9. The third-order valence-electron chi connectivity index (χ3n) is 6.42. The van der Waals surface area contributed by atoms with Crippen molar-refractivity contribution in [3.63, 3.8) is 0 Å². The molecular formula is C30H37FN2O4. The molecule has 0 spiro atoms. The van der Waals surface area contributed by atoms with Crippen molar-refractivity contribution < 1.29 is 18.4 Å². The van der Waals surface area contributed by atoms with Gasteiger partial charge in [-0.2, -0.15) is 0 Å². The number of unbranched alkanes of at least 4 members (excludes halogenated alkanes) is 4. The van der Waals surface area contributed by atoms with Gasteiger partial charge in [-0.05, 0) is 42.7 Å². The zero-order valence-corrected chi connectivity index (χ0v) is 21.9. The highest BCUT2D eigenvalue weighted by Crippen LogP contribution is 2.15. The minimum absolute atomic E-state index is 0.0224. The molecule has 37 heavy (non-hydrogen) atoms. The Morgan fingerprint density at radius 1 is 0.838 bits per heavy atom. The molecule has 0 atom stereocenters. The van der Waals surface area contributed by atoms with Crippen LogP contribution >= 0.6 is 0 Å². The summed E-state index contributed by atoms with van der Waals surface area (Å²) in [4.78, 5) is 42.7. The summed E-state index contributed by atoms with van der Waals surface area (Å²) >= 11 is 0. The average molecular weight is 509 g/mol. The van der Waals surface area contributed by atoms with E-state index in [1.165, 1.54) is 23.3 Å². The highest BCUT2D eigenvalue weighted by molar-refractivity contribution is 5.85. The number of para-hydroxylation sites is 1. The fraction of sp³-hybridized carbons (Fsp3) is 0.433. The molecule has 7 heteroatoms. The number of rotatable bonds is 14. The van der Waals surface area contributed by atoms with Crippen molar-refractivity contribution in [1.82, 2.24) is 9.80 Å². The second-order valence-electron chi connectivity index (χ2n) is 9.44. The van der Waals surface area contributed by atoms with E-state index >= 15 is 0 Å². The molecule has 0 saturated carbocycles. The van der Waals surface area contributed by atoms with Gasteiger partial charge >= 0.3 is 0 Å². The molecule has 2 aromatic carbocycles. The quantitative estimate of drug-likeness (QED) is 0.248. The Balaban J connectivity index is 1.79. The Labute approximate surface area is 218 Å². The standard InChI is InChI=1S/C30H37FN2O4/c1-3-5-6-7-8-13-28(34)32(18-4-2)21-29(35)33(19-23-14-16-25(31)17-15-23)20-24-22-37-27-12-10-9-11-26(27)30(24)36/h9-12,14-17,22H,3-8,13,18-21H2,1-2H3. The van der Waals surface area contributed by atoms with Crippen LogP contribution in [0.5, 0.6) is 0 Å². The van der Waals surface area contributed by atoms with Gasteiger partial charge in [0.15, 0.2) is 5.43 Å². The number of hydrogen-bond acceptors (Lipinski definition) is 4. The van der Waals surface area contributed by atoms with Crippen molar-refractivity contribution in [3.05, 3.63) is 82.0 Å². The largest absolute Gasteiger partial charge is 0.464 e. The van der Waals surface area contributed by atoms with Crippen LogP contribution < -0.4 is 5.43 Å². The molecular weight excluding hydrogens is 471 g/mol. The zero-order chi connectivity index (χ0) is 26.6. The lowest BCUT2D eigenvalue weighted by molar-refractivity contribution is -0.141. The smallest absolute Gasteiger partial charge is 0.242 e. The summed E-state index contributed by atoms with van der Waals surface area (Å²) in [5, 5.41) is 0.444. The zero-order valence-electron chi connectivity index (χ0n) is 21.9. The normalized spacial score (nSPS) is 11.0. The summed E-state index contributed by atoms with van der Waals surface area (Å²) < 4.78 is 19.1. The molecule has 0 radical (unpaired) electrons. The molecule has 0 fully saturated rings. The summed E-state index contributed by atoms with van der Waals surface area (Å²) in [6.07, 6.45) is 7.77. The predicted molar refractivity (Wildman–Crippen MR) is 143 cm³/mol. The van der Waals surface area contributed by atoms with Gasteiger partial charge in [0.2, 0.25) is 11.8 Å². The molecule has 198 valence electrons. The van der Waals surface area contributed by atoms with E-state index in [2.05, 4.69) is 6.92 Å². The molecule has 3 aromatic rings. The fourth-order valence-corrected chi connectivity index (χ4v) is 4.34. The van der Waals surface area contributed by atoms with E-state index in [-0.39, 0.29) is 42.7 Å². The van der Waals surface area contributed by atoms with Gasteiger partial charge in [-0.3, -0.25) is 14.4 Å². The van der Waals surface area contributed by atoms with Gasteiger partial charge in [0.1, 0.15) is 11.4 Å². The van der Waals surface area contributed by atoms with Crippen LogP contribution in [-0.4, -0.2) is 34.7 Å². The van der Waals surface area contributed by atoms with Gasteiger partial charge in [0, 0.05) is 19.5 Å². The third-order valence-corrected chi connectivity index (χ3v) is 6.42. The van der Waals surface area contributed by atoms with E-state index in [0.29, 0.717) is 29.5 Å². The lowest BCUT2D eigenvalue weighted by Crippen LogP contribution is -2.43. The van der Waals surface area contributed by atoms with Gasteiger partial charge in [-0.15, -0.1) is 0 Å². The summed E-state index contributed by atoms with van der Waals surface area (Å²) in [6, 6.07) is 12.9. The average Bonchev–Trinajstić information content (AvgIpc) is 2.90. The Kier molecular flexibility index (Phi) is 10.9. The number of fused-ring (bicyclic) bond motifs is 1. The highest BCUT2D eigenvalue weighted by atomic mass is 19.1. The van der Waals surface area contributed by atoms with E-state index < -0.39 is 0 Å². The van der Waals surface area contributed by atoms with Crippen LogP contribution in [0, 0.1) is 5.82 Å². The maximum atomic E-state index is 13.5. The van der Waals surface area contributed by atoms with Gasteiger partial charge in [0.05, 0.1) is 30.3 Å². The fourth-order valence-electron chi connectivity index (χ4n) is 4.34. The van der Waals surface area contributed by atoms with Crippen molar-refractivity contribution >= 4 is 22.8 Å². The number of halogens is 1. The molecule has 0 unspecified atom stereocenters. The number of benzene rings is 2. The van der Waals surface area contributed by atoms with Crippen molar-refractivity contribution in [1.29, 1.82) is 0 Å². The minimum atomic E-state index is -0.365. The Bertz CT molecular complexity index is 1220. The van der Waals surface area contributed by atoms with Gasteiger partial charge in [0.25, 0.3) is 0 Å². The summed E-state index contributed by atoms with van der Waals surface area (Å²) in [6.45, 7) is 4.75. The number of amides is 2. The lowest BCUT2D eigenvalue weighted by atomic mass is 10.1. The molecule has 1 aromatic heterocycles. The monoisotopic (exact) mass is 508 g/mol. The van der Waals surface area contributed by atoms with Crippen LogP contribution in [0.25, 0.3) is 11.0 Å². The Morgan fingerprint density at radius 3 is 2.30 bits per heavy atom. The highest BCUT2D eigenvalue weighted by Gasteiger charge is 2.22. The summed E-state index contributed by atoms with van der Waals surface area (Å²) in [5.41, 5.74) is 1.35. The number of carbonyl (C=O) groups excluding carboxylic acids is 2. The Hall–Kier alpha value is -3.48. The van der Waals surface area contributed by atoms with Crippen molar-refractivity contribution in [2.24, 2.45) is 0 Å². The van der Waals surface area contributed by atoms with Crippen LogP contribution in [0.2, 0.25) is 0 Å². The molecule has 0 aliphatic carbocycles. The summed E-state index contributed by atoms with van der Waals surface area (Å²) in [7, 11) is 0. The maximum Gasteiger partial charge on any atom is 0.242 e. The van der Waals surface area contributed by atoms with Crippen LogP contribution in [0.15, 0.2) is 64.0 Å². The third kappa shape index (κ3) is 8.27. The Morgan fingerprint density at radius 2 is 1.57 bits per heavy atom. The summed E-state index contributed by atoms with van der Waals surface area (Å²) in [5.74, 6) is -0.668. The number of hydrogen-bond donors (Lipinski definition) is 0. The van der Waals surface area contributed by atoms with Crippen LogP contribution in [0.3, 0.4) is 0 Å². The first-order valence-electron chi connectivity index (χ1n) is 13.2. The van der Waals surface area contributed by atoms with Crippen LogP contribution in [0.1, 0.15) is 69.9 Å². The molecule has 0 bridgehead atoms. The molecule has 2 amide bonds. The molecule has 0 aliphatic rings. The molecule has 6 nitrogen and oxygen atoms in total. The molecule has 3 rings (SSSR count). The van der Waals surface area contributed by atoms with Gasteiger partial charge in [-0.25, -0.2) is 4.39 Å².